The zero-order valence-corrected chi connectivity index (χ0v) is 7.36. The van der Waals surface area contributed by atoms with E-state index in [4.69, 9.17) is 10.8 Å². The van der Waals surface area contributed by atoms with Crippen LogP contribution in [0, 0.1) is 5.92 Å². The molecule has 0 unspecified atom stereocenters. The highest BCUT2D eigenvalue weighted by Crippen LogP contribution is 2.33. The molecule has 1 fully saturated rings. The summed E-state index contributed by atoms with van der Waals surface area (Å²) in [4.78, 5) is 10.5. The van der Waals surface area contributed by atoms with Crippen molar-refractivity contribution in [2.24, 2.45) is 11.7 Å². The summed E-state index contributed by atoms with van der Waals surface area (Å²) in [5.74, 6) is -1.07. The van der Waals surface area contributed by atoms with Crippen LogP contribution >= 0.6 is 12.4 Å². The van der Waals surface area contributed by atoms with Crippen LogP contribution in [0.25, 0.3) is 0 Å². The van der Waals surface area contributed by atoms with Gasteiger partial charge in [-0.2, -0.15) is 0 Å². The molecule has 11 heavy (non-hydrogen) atoms. The van der Waals surface area contributed by atoms with Crippen molar-refractivity contribution in [3.8, 4) is 0 Å². The van der Waals surface area contributed by atoms with E-state index in [-0.39, 0.29) is 18.3 Å². The molecule has 2 atom stereocenters. The standard InChI is InChI=1S/C7H13NO2.ClH/c1-7(8)4-2-3-5(7)6(9)10;/h5H,2-4,8H2,1H3,(H,9,10);1H/t5-,7-;/m1./s1. The van der Waals surface area contributed by atoms with Crippen molar-refractivity contribution >= 4 is 18.4 Å². The van der Waals surface area contributed by atoms with Gasteiger partial charge in [0.15, 0.2) is 0 Å². The first kappa shape index (κ1) is 10.7. The van der Waals surface area contributed by atoms with Crippen molar-refractivity contribution in [2.45, 2.75) is 31.7 Å². The maximum atomic E-state index is 10.5. The molecule has 1 aliphatic carbocycles. The predicted octanol–water partition coefficient (Wildman–Crippen LogP) is 1.01. The Balaban J connectivity index is 0.000001000. The minimum atomic E-state index is -0.748. The predicted molar refractivity (Wildman–Crippen MR) is 44.8 cm³/mol. The van der Waals surface area contributed by atoms with E-state index in [1.54, 1.807) is 0 Å². The fraction of sp³-hybridized carbons (Fsp3) is 0.857. The monoisotopic (exact) mass is 179 g/mol. The summed E-state index contributed by atoms with van der Waals surface area (Å²) < 4.78 is 0. The minimum Gasteiger partial charge on any atom is -0.481 e. The second-order valence-electron chi connectivity index (χ2n) is 3.29. The van der Waals surface area contributed by atoms with Crippen molar-refractivity contribution < 1.29 is 9.90 Å². The molecule has 3 nitrogen and oxygen atoms in total. The van der Waals surface area contributed by atoms with Crippen molar-refractivity contribution in [3.63, 3.8) is 0 Å². The van der Waals surface area contributed by atoms with Crippen LogP contribution in [0.3, 0.4) is 0 Å². The first-order valence-corrected chi connectivity index (χ1v) is 3.56. The van der Waals surface area contributed by atoms with E-state index in [2.05, 4.69) is 0 Å². The number of rotatable bonds is 1. The Bertz CT molecular complexity index is 159. The molecule has 0 bridgehead atoms. The van der Waals surface area contributed by atoms with Gasteiger partial charge in [-0.3, -0.25) is 4.79 Å². The fourth-order valence-corrected chi connectivity index (χ4v) is 1.60. The summed E-state index contributed by atoms with van der Waals surface area (Å²) in [5.41, 5.74) is 5.28. The molecule has 0 aromatic carbocycles. The van der Waals surface area contributed by atoms with Crippen molar-refractivity contribution in [1.29, 1.82) is 0 Å². The number of nitrogens with two attached hydrogens (primary N) is 1. The molecule has 0 amide bonds. The minimum absolute atomic E-state index is 0. The molecule has 0 heterocycles. The van der Waals surface area contributed by atoms with Crippen LogP contribution < -0.4 is 5.73 Å². The molecule has 4 heteroatoms. The van der Waals surface area contributed by atoms with Crippen molar-refractivity contribution in [2.75, 3.05) is 0 Å². The maximum absolute atomic E-state index is 10.5. The maximum Gasteiger partial charge on any atom is 0.308 e. The fourth-order valence-electron chi connectivity index (χ4n) is 1.60. The third-order valence-electron chi connectivity index (χ3n) is 2.30. The molecule has 1 aliphatic rings. The lowest BCUT2D eigenvalue weighted by Gasteiger charge is -2.22. The molecule has 1 saturated carbocycles. The topological polar surface area (TPSA) is 63.3 Å². The van der Waals surface area contributed by atoms with E-state index >= 15 is 0 Å². The first-order chi connectivity index (χ1) is 4.54. The van der Waals surface area contributed by atoms with E-state index in [9.17, 15) is 4.79 Å². The largest absolute Gasteiger partial charge is 0.481 e. The number of hydrogen-bond donors (Lipinski definition) is 2. The Kier molecular flexibility index (Phi) is 3.32. The molecule has 66 valence electrons. The number of halogens is 1. The lowest BCUT2D eigenvalue weighted by Crippen LogP contribution is -2.43. The zero-order valence-electron chi connectivity index (χ0n) is 6.54. The van der Waals surface area contributed by atoms with Gasteiger partial charge in [-0.25, -0.2) is 0 Å². The SMILES string of the molecule is C[C@@]1(N)CCC[C@@H]1C(=O)O.Cl. The summed E-state index contributed by atoms with van der Waals surface area (Å²) in [6.07, 6.45) is 2.52. The normalized spacial score (nSPS) is 36.4. The van der Waals surface area contributed by atoms with E-state index in [1.807, 2.05) is 6.92 Å². The molecule has 0 aliphatic heterocycles. The van der Waals surface area contributed by atoms with Gasteiger partial charge in [0.05, 0.1) is 5.92 Å². The highest BCUT2D eigenvalue weighted by Gasteiger charge is 2.39. The van der Waals surface area contributed by atoms with Gasteiger partial charge < -0.3 is 10.8 Å². The first-order valence-electron chi connectivity index (χ1n) is 3.56. The van der Waals surface area contributed by atoms with Crippen LogP contribution in [-0.2, 0) is 4.79 Å². The molecule has 3 N–H and O–H groups in total. The van der Waals surface area contributed by atoms with Gasteiger partial charge in [0.2, 0.25) is 0 Å². The van der Waals surface area contributed by atoms with E-state index in [0.717, 1.165) is 19.3 Å². The van der Waals surface area contributed by atoms with E-state index in [0.29, 0.717) is 0 Å². The third-order valence-corrected chi connectivity index (χ3v) is 2.30. The van der Waals surface area contributed by atoms with Crippen molar-refractivity contribution in [1.82, 2.24) is 0 Å². The van der Waals surface area contributed by atoms with Crippen LogP contribution in [0.2, 0.25) is 0 Å². The molecule has 0 aromatic rings. The highest BCUT2D eigenvalue weighted by atomic mass is 35.5. The summed E-state index contributed by atoms with van der Waals surface area (Å²) in [5, 5.41) is 8.67. The average molecular weight is 180 g/mol. The van der Waals surface area contributed by atoms with Crippen LogP contribution in [0.15, 0.2) is 0 Å². The van der Waals surface area contributed by atoms with Crippen LogP contribution in [0.4, 0.5) is 0 Å². The lowest BCUT2D eigenvalue weighted by atomic mass is 9.90. The number of carbonyl (C=O) groups is 1. The van der Waals surface area contributed by atoms with Crippen molar-refractivity contribution in [3.05, 3.63) is 0 Å². The van der Waals surface area contributed by atoms with Gasteiger partial charge in [-0.1, -0.05) is 6.42 Å². The van der Waals surface area contributed by atoms with Crippen LogP contribution in [0.1, 0.15) is 26.2 Å². The number of aliphatic carboxylic acids is 1. The quantitative estimate of drug-likeness (QED) is 0.632. The highest BCUT2D eigenvalue weighted by molar-refractivity contribution is 5.85. The average Bonchev–Trinajstić information content (AvgIpc) is 2.08. The molecular weight excluding hydrogens is 166 g/mol. The second-order valence-corrected chi connectivity index (χ2v) is 3.29. The van der Waals surface area contributed by atoms with Gasteiger partial charge in [0.25, 0.3) is 0 Å². The molecule has 0 aromatic heterocycles. The van der Waals surface area contributed by atoms with Gasteiger partial charge in [-0.05, 0) is 19.8 Å². The lowest BCUT2D eigenvalue weighted by molar-refractivity contribution is -0.143. The molecule has 0 spiro atoms. The van der Waals surface area contributed by atoms with Crippen LogP contribution in [-0.4, -0.2) is 16.6 Å². The Labute approximate surface area is 72.4 Å². The summed E-state index contributed by atoms with van der Waals surface area (Å²) >= 11 is 0. The van der Waals surface area contributed by atoms with Gasteiger partial charge in [0, 0.05) is 5.54 Å². The Morgan fingerprint density at radius 3 is 2.45 bits per heavy atom. The molecule has 0 saturated heterocycles. The Hall–Kier alpha value is -0.280. The Morgan fingerprint density at radius 2 is 2.27 bits per heavy atom. The second kappa shape index (κ2) is 3.41. The number of hydrogen-bond acceptors (Lipinski definition) is 2. The van der Waals surface area contributed by atoms with Gasteiger partial charge >= 0.3 is 5.97 Å². The summed E-state index contributed by atoms with van der Waals surface area (Å²) in [7, 11) is 0. The van der Waals surface area contributed by atoms with Crippen LogP contribution in [0.5, 0.6) is 0 Å². The smallest absolute Gasteiger partial charge is 0.308 e. The molecule has 1 rings (SSSR count). The third kappa shape index (κ3) is 2.07. The molecular formula is C7H14ClNO2. The van der Waals surface area contributed by atoms with Gasteiger partial charge in [-0.15, -0.1) is 12.4 Å². The molecule has 0 radical (unpaired) electrons. The van der Waals surface area contributed by atoms with E-state index < -0.39 is 11.5 Å². The number of carboxylic acids is 1. The summed E-state index contributed by atoms with van der Waals surface area (Å²) in [6, 6.07) is 0. The number of carboxylic acid groups (broad SMARTS) is 1. The Morgan fingerprint density at radius 1 is 1.73 bits per heavy atom. The summed E-state index contributed by atoms with van der Waals surface area (Å²) in [6.45, 7) is 1.82. The van der Waals surface area contributed by atoms with Gasteiger partial charge in [0.1, 0.15) is 0 Å². The van der Waals surface area contributed by atoms with E-state index in [1.165, 1.54) is 0 Å². The zero-order chi connectivity index (χ0) is 7.78.